The van der Waals surface area contributed by atoms with Crippen LogP contribution in [-0.4, -0.2) is 19.5 Å². The van der Waals surface area contributed by atoms with Gasteiger partial charge in [0.25, 0.3) is 5.56 Å². The minimum absolute atomic E-state index is 0.223. The van der Waals surface area contributed by atoms with Crippen LogP contribution in [0.15, 0.2) is 82.5 Å². The Kier molecular flexibility index (Phi) is 4.05. The second-order valence-electron chi connectivity index (χ2n) is 6.59. The summed E-state index contributed by atoms with van der Waals surface area (Å²) in [5.41, 5.74) is 3.00. The first-order valence-electron chi connectivity index (χ1n) is 9.03. The second kappa shape index (κ2) is 6.87. The molecule has 0 atom stereocenters. The molecule has 1 aromatic carbocycles. The number of imidazole rings is 1. The van der Waals surface area contributed by atoms with E-state index in [0.29, 0.717) is 28.5 Å². The maximum atomic E-state index is 13.3. The number of aromatic amines is 1. The number of benzene rings is 1. The molecule has 142 valence electrons. The molecule has 4 heterocycles. The van der Waals surface area contributed by atoms with Crippen LogP contribution in [0.1, 0.15) is 11.5 Å². The molecule has 2 aliphatic heterocycles. The number of furan rings is 1. The highest BCUT2D eigenvalue weighted by molar-refractivity contribution is 5.71. The number of fused-ring (bicyclic) bond motifs is 1. The zero-order valence-electron chi connectivity index (χ0n) is 15.2. The lowest BCUT2D eigenvalue weighted by Gasteiger charge is -2.13. The highest BCUT2D eigenvalue weighted by Crippen LogP contribution is 2.28. The van der Waals surface area contributed by atoms with Gasteiger partial charge in [-0.3, -0.25) is 9.36 Å². The van der Waals surface area contributed by atoms with Crippen LogP contribution in [-0.2, 0) is 6.42 Å². The monoisotopic (exact) mass is 386 g/mol. The average Bonchev–Trinajstić information content (AvgIpc) is 3.37. The highest BCUT2D eigenvalue weighted by atomic mass is 19.1. The van der Waals surface area contributed by atoms with Crippen LogP contribution >= 0.6 is 0 Å². The number of nitrogens with one attached hydrogen (secondary N) is 1. The number of rotatable bonds is 4. The van der Waals surface area contributed by atoms with Crippen molar-refractivity contribution >= 4 is 0 Å². The molecule has 0 aliphatic carbocycles. The van der Waals surface area contributed by atoms with E-state index in [0.717, 1.165) is 11.3 Å². The molecule has 5 rings (SSSR count). The molecule has 29 heavy (non-hydrogen) atoms. The fourth-order valence-corrected chi connectivity index (χ4v) is 3.30. The minimum atomic E-state index is -0.574. The van der Waals surface area contributed by atoms with E-state index in [9.17, 15) is 9.18 Å². The molecule has 2 aliphatic rings. The molecule has 0 amide bonds. The smallest absolute Gasteiger partial charge is 0.278 e. The number of nitrogens with zero attached hydrogens (tertiary/aromatic N) is 3. The van der Waals surface area contributed by atoms with E-state index in [4.69, 9.17) is 4.42 Å². The minimum Gasteiger partial charge on any atom is -0.469 e. The predicted octanol–water partition coefficient (Wildman–Crippen LogP) is 4.05. The van der Waals surface area contributed by atoms with Gasteiger partial charge in [0.15, 0.2) is 5.82 Å². The van der Waals surface area contributed by atoms with Crippen molar-refractivity contribution in [3.8, 4) is 28.3 Å². The van der Waals surface area contributed by atoms with E-state index < -0.39 is 5.95 Å². The third-order valence-electron chi connectivity index (χ3n) is 4.70. The lowest BCUT2D eigenvalue weighted by Crippen LogP contribution is -2.16. The first-order valence-corrected chi connectivity index (χ1v) is 9.03. The summed E-state index contributed by atoms with van der Waals surface area (Å²) in [5.74, 6) is 0.530. The van der Waals surface area contributed by atoms with Crippen molar-refractivity contribution < 1.29 is 8.81 Å². The molecule has 1 N–H and O–H groups in total. The Morgan fingerprint density at radius 3 is 2.62 bits per heavy atom. The molecule has 7 heteroatoms. The molecule has 0 radical (unpaired) electrons. The van der Waals surface area contributed by atoms with E-state index in [1.807, 2.05) is 30.3 Å². The van der Waals surface area contributed by atoms with Gasteiger partial charge in [0.05, 0.1) is 24.1 Å². The maximum absolute atomic E-state index is 13.3. The lowest BCUT2D eigenvalue weighted by atomic mass is 10.1. The number of halogens is 1. The molecule has 0 spiro atoms. The predicted molar refractivity (Wildman–Crippen MR) is 106 cm³/mol. The first-order chi connectivity index (χ1) is 14.2. The van der Waals surface area contributed by atoms with Crippen molar-refractivity contribution in [1.29, 1.82) is 0 Å². The Hall–Kier alpha value is -4.00. The average molecular weight is 386 g/mol. The summed E-state index contributed by atoms with van der Waals surface area (Å²) in [7, 11) is 0. The molecule has 0 unspecified atom stereocenters. The molecule has 6 nitrogen and oxygen atoms in total. The van der Waals surface area contributed by atoms with Gasteiger partial charge in [-0.1, -0.05) is 30.3 Å². The molecule has 0 saturated carbocycles. The molecular weight excluding hydrogens is 371 g/mol. The Morgan fingerprint density at radius 1 is 1.03 bits per heavy atom. The number of H-pyrrole nitrogens is 1. The maximum Gasteiger partial charge on any atom is 0.278 e. The van der Waals surface area contributed by atoms with Gasteiger partial charge in [-0.2, -0.15) is 4.39 Å². The van der Waals surface area contributed by atoms with E-state index in [-0.39, 0.29) is 12.0 Å². The zero-order valence-corrected chi connectivity index (χ0v) is 15.2. The summed E-state index contributed by atoms with van der Waals surface area (Å²) < 4.78 is 20.2. The highest BCUT2D eigenvalue weighted by Gasteiger charge is 2.21. The van der Waals surface area contributed by atoms with Gasteiger partial charge in [0, 0.05) is 18.0 Å². The van der Waals surface area contributed by atoms with Crippen LogP contribution < -0.4 is 5.56 Å². The summed E-state index contributed by atoms with van der Waals surface area (Å²) in [6.45, 7) is 0. The fourth-order valence-electron chi connectivity index (χ4n) is 3.30. The normalized spacial score (nSPS) is 11.2. The quantitative estimate of drug-likeness (QED) is 0.473. The Morgan fingerprint density at radius 2 is 1.90 bits per heavy atom. The number of aromatic nitrogens is 4. The summed E-state index contributed by atoms with van der Waals surface area (Å²) in [4.78, 5) is 24.7. The number of hydrogen-bond acceptors (Lipinski definition) is 4. The van der Waals surface area contributed by atoms with Crippen molar-refractivity contribution in [3.63, 3.8) is 0 Å². The Bertz CT molecular complexity index is 1290. The van der Waals surface area contributed by atoms with Gasteiger partial charge in [-0.15, -0.1) is 0 Å². The largest absolute Gasteiger partial charge is 0.469 e. The Labute approximate surface area is 164 Å². The van der Waals surface area contributed by atoms with Crippen LogP contribution in [0.2, 0.25) is 0 Å². The van der Waals surface area contributed by atoms with Crippen LogP contribution in [0.25, 0.3) is 28.3 Å². The van der Waals surface area contributed by atoms with E-state index in [2.05, 4.69) is 15.0 Å². The topological polar surface area (TPSA) is 76.7 Å². The van der Waals surface area contributed by atoms with Crippen molar-refractivity contribution in [1.82, 2.24) is 19.5 Å². The van der Waals surface area contributed by atoms with Gasteiger partial charge >= 0.3 is 0 Å². The summed E-state index contributed by atoms with van der Waals surface area (Å²) >= 11 is 0. The molecule has 0 fully saturated rings. The Balaban J connectivity index is 1.74. The summed E-state index contributed by atoms with van der Waals surface area (Å²) in [6.07, 6.45) is 5.00. The van der Waals surface area contributed by atoms with E-state index >= 15 is 0 Å². The van der Waals surface area contributed by atoms with Gasteiger partial charge in [0.1, 0.15) is 11.5 Å². The third-order valence-corrected chi connectivity index (χ3v) is 4.70. The van der Waals surface area contributed by atoms with Crippen molar-refractivity contribution in [3.05, 3.63) is 101 Å². The molecule has 0 bridgehead atoms. The van der Waals surface area contributed by atoms with Crippen LogP contribution in [0.3, 0.4) is 0 Å². The first kappa shape index (κ1) is 17.1. The van der Waals surface area contributed by atoms with Gasteiger partial charge in [-0.05, 0) is 29.8 Å². The number of pyridine rings is 1. The van der Waals surface area contributed by atoms with Crippen LogP contribution in [0.4, 0.5) is 4.39 Å². The van der Waals surface area contributed by atoms with Crippen LogP contribution in [0.5, 0.6) is 0 Å². The van der Waals surface area contributed by atoms with E-state index in [1.54, 1.807) is 30.7 Å². The zero-order chi connectivity index (χ0) is 19.8. The van der Waals surface area contributed by atoms with Crippen molar-refractivity contribution in [2.75, 3.05) is 0 Å². The molecule has 3 aromatic rings. The molecular formula is C22H15FN4O2. The third kappa shape index (κ3) is 3.12. The van der Waals surface area contributed by atoms with Crippen molar-refractivity contribution in [2.45, 2.75) is 6.42 Å². The van der Waals surface area contributed by atoms with Gasteiger partial charge in [-0.25, -0.2) is 9.97 Å². The standard InChI is InChI=1S/C22H15FN4O2/c23-19-9-8-15(12-24-19)20-21-26-17(11-16-7-4-10-29-16)22(28)27(21)13-18(25-20)14-5-2-1-3-6-14/h1-10,12-13,25H,11H2. The SMILES string of the molecule is O=c1c(Cc2ccco2)nc2c(-c3ccc(F)nc3)[nH]c(-c3ccccc3)cn1-2. The van der Waals surface area contributed by atoms with Gasteiger partial charge in [0.2, 0.25) is 5.95 Å². The van der Waals surface area contributed by atoms with E-state index in [1.165, 1.54) is 16.8 Å². The summed E-state index contributed by atoms with van der Waals surface area (Å²) in [6, 6.07) is 16.1. The summed E-state index contributed by atoms with van der Waals surface area (Å²) in [5, 5.41) is 0. The fraction of sp³-hybridized carbons (Fsp3) is 0.0455. The van der Waals surface area contributed by atoms with Crippen LogP contribution in [0, 0.1) is 5.95 Å². The molecule has 2 aromatic heterocycles. The van der Waals surface area contributed by atoms with Gasteiger partial charge < -0.3 is 9.40 Å². The van der Waals surface area contributed by atoms with Crippen molar-refractivity contribution in [2.24, 2.45) is 0 Å². The lowest BCUT2D eigenvalue weighted by molar-refractivity contribution is 0.519. The molecule has 0 saturated heterocycles. The second-order valence-corrected chi connectivity index (χ2v) is 6.59. The number of hydrogen-bond donors (Lipinski definition) is 1.